The number of para-hydroxylation sites is 1. The van der Waals surface area contributed by atoms with E-state index in [2.05, 4.69) is 0 Å². The minimum atomic E-state index is -0.813. The second-order valence-electron chi connectivity index (χ2n) is 3.87. The number of hydrogen-bond acceptors (Lipinski definition) is 2. The van der Waals surface area contributed by atoms with E-state index in [4.69, 9.17) is 5.73 Å². The summed E-state index contributed by atoms with van der Waals surface area (Å²) in [5.74, 6) is -0.842. The number of halogens is 2. The van der Waals surface area contributed by atoms with Crippen molar-refractivity contribution < 1.29 is 8.78 Å². The van der Waals surface area contributed by atoms with Crippen LogP contribution in [0.15, 0.2) is 47.4 Å². The lowest BCUT2D eigenvalue weighted by molar-refractivity contribution is 0.506. The van der Waals surface area contributed by atoms with Gasteiger partial charge in [0.15, 0.2) is 11.6 Å². The van der Waals surface area contributed by atoms with E-state index in [0.717, 1.165) is 34.4 Å². The first-order valence-electron chi connectivity index (χ1n) is 5.58. The molecule has 0 atom stereocenters. The molecule has 1 nitrogen and oxygen atoms in total. The summed E-state index contributed by atoms with van der Waals surface area (Å²) in [4.78, 5) is 0.725. The smallest absolute Gasteiger partial charge is 0.159 e. The Hall–Kier alpha value is -1.55. The minimum absolute atomic E-state index is 0.725. The molecule has 2 aromatic rings. The third-order valence-corrected chi connectivity index (χ3v) is 3.58. The van der Waals surface area contributed by atoms with Crippen molar-refractivity contribution in [1.82, 2.24) is 0 Å². The van der Waals surface area contributed by atoms with Gasteiger partial charge in [0.2, 0.25) is 0 Å². The van der Waals surface area contributed by atoms with Crippen LogP contribution in [0.2, 0.25) is 0 Å². The van der Waals surface area contributed by atoms with E-state index in [-0.39, 0.29) is 0 Å². The van der Waals surface area contributed by atoms with Crippen molar-refractivity contribution in [3.05, 3.63) is 59.7 Å². The maximum atomic E-state index is 13.0. The molecule has 0 saturated heterocycles. The first-order chi connectivity index (χ1) is 8.66. The van der Waals surface area contributed by atoms with E-state index in [9.17, 15) is 8.78 Å². The van der Waals surface area contributed by atoms with E-state index in [1.807, 2.05) is 24.3 Å². The molecule has 0 amide bonds. The molecule has 94 valence electrons. The number of thioether (sulfide) groups is 1. The van der Waals surface area contributed by atoms with Crippen LogP contribution in [-0.4, -0.2) is 5.75 Å². The molecule has 4 heteroatoms. The highest BCUT2D eigenvalue weighted by Crippen LogP contribution is 2.22. The Kier molecular flexibility index (Phi) is 4.20. The molecule has 0 aromatic heterocycles. The van der Waals surface area contributed by atoms with E-state index in [0.29, 0.717) is 0 Å². The van der Waals surface area contributed by atoms with Gasteiger partial charge in [0, 0.05) is 16.3 Å². The lowest BCUT2D eigenvalue weighted by atomic mass is 10.1. The van der Waals surface area contributed by atoms with E-state index < -0.39 is 11.6 Å². The van der Waals surface area contributed by atoms with Crippen LogP contribution in [0.1, 0.15) is 5.56 Å². The fourth-order valence-corrected chi connectivity index (χ4v) is 2.52. The Morgan fingerprint density at radius 3 is 2.50 bits per heavy atom. The van der Waals surface area contributed by atoms with Gasteiger partial charge in [0.1, 0.15) is 0 Å². The minimum Gasteiger partial charge on any atom is -0.399 e. The maximum absolute atomic E-state index is 13.0. The Balaban J connectivity index is 1.92. The van der Waals surface area contributed by atoms with Crippen LogP contribution in [0.4, 0.5) is 14.5 Å². The van der Waals surface area contributed by atoms with Crippen LogP contribution in [-0.2, 0) is 6.42 Å². The summed E-state index contributed by atoms with van der Waals surface area (Å²) < 4.78 is 25.7. The van der Waals surface area contributed by atoms with Gasteiger partial charge in [-0.2, -0.15) is 0 Å². The second-order valence-corrected chi connectivity index (χ2v) is 5.04. The number of aryl methyl sites for hydroxylation is 1. The van der Waals surface area contributed by atoms with Crippen molar-refractivity contribution in [1.29, 1.82) is 0 Å². The van der Waals surface area contributed by atoms with Gasteiger partial charge in [0.25, 0.3) is 0 Å². The highest BCUT2D eigenvalue weighted by Gasteiger charge is 2.03. The first kappa shape index (κ1) is 12.9. The van der Waals surface area contributed by atoms with Crippen LogP contribution < -0.4 is 5.73 Å². The average Bonchev–Trinajstić information content (AvgIpc) is 2.36. The molecule has 0 saturated carbocycles. The van der Waals surface area contributed by atoms with Crippen LogP contribution in [0, 0.1) is 11.6 Å². The van der Waals surface area contributed by atoms with Gasteiger partial charge >= 0.3 is 0 Å². The SMILES string of the molecule is Nc1ccccc1CCSc1ccc(F)c(F)c1. The van der Waals surface area contributed by atoms with Crippen molar-refractivity contribution >= 4 is 17.4 Å². The molecule has 2 aromatic carbocycles. The molecule has 18 heavy (non-hydrogen) atoms. The summed E-state index contributed by atoms with van der Waals surface area (Å²) in [5, 5.41) is 0. The van der Waals surface area contributed by atoms with E-state index >= 15 is 0 Å². The molecule has 0 aliphatic rings. The zero-order chi connectivity index (χ0) is 13.0. The lowest BCUT2D eigenvalue weighted by Gasteiger charge is -2.05. The molecule has 2 N–H and O–H groups in total. The standard InChI is InChI=1S/C14H13F2NS/c15-12-6-5-11(9-13(12)16)18-8-7-10-3-1-2-4-14(10)17/h1-6,9H,7-8,17H2. The topological polar surface area (TPSA) is 26.0 Å². The van der Waals surface area contributed by atoms with Crippen molar-refractivity contribution in [2.75, 3.05) is 11.5 Å². The zero-order valence-corrected chi connectivity index (χ0v) is 10.5. The molecule has 0 bridgehead atoms. The number of rotatable bonds is 4. The molecule has 0 heterocycles. The Bertz CT molecular complexity index is 543. The lowest BCUT2D eigenvalue weighted by Crippen LogP contribution is -1.95. The maximum Gasteiger partial charge on any atom is 0.159 e. The zero-order valence-electron chi connectivity index (χ0n) is 9.70. The van der Waals surface area contributed by atoms with Crippen LogP contribution in [0.5, 0.6) is 0 Å². The van der Waals surface area contributed by atoms with Gasteiger partial charge in [-0.25, -0.2) is 8.78 Å². The van der Waals surface area contributed by atoms with Gasteiger partial charge in [-0.3, -0.25) is 0 Å². The number of benzene rings is 2. The molecule has 0 aliphatic carbocycles. The Morgan fingerprint density at radius 2 is 1.78 bits per heavy atom. The molecular formula is C14H13F2NS. The fourth-order valence-electron chi connectivity index (χ4n) is 1.61. The van der Waals surface area contributed by atoms with E-state index in [1.54, 1.807) is 6.07 Å². The Labute approximate surface area is 109 Å². The quantitative estimate of drug-likeness (QED) is 0.670. The van der Waals surface area contributed by atoms with Crippen molar-refractivity contribution in [2.24, 2.45) is 0 Å². The van der Waals surface area contributed by atoms with Gasteiger partial charge in [0.05, 0.1) is 0 Å². The summed E-state index contributed by atoms with van der Waals surface area (Å²) in [7, 11) is 0. The second kappa shape index (κ2) is 5.87. The summed E-state index contributed by atoms with van der Waals surface area (Å²) in [6.07, 6.45) is 0.802. The molecule has 0 unspecified atom stereocenters. The van der Waals surface area contributed by atoms with Crippen molar-refractivity contribution in [3.8, 4) is 0 Å². The number of nitrogen functional groups attached to an aromatic ring is 1. The fraction of sp³-hybridized carbons (Fsp3) is 0.143. The number of nitrogens with two attached hydrogens (primary N) is 1. The van der Waals surface area contributed by atoms with Gasteiger partial charge in [-0.05, 0) is 36.2 Å². The highest BCUT2D eigenvalue weighted by atomic mass is 32.2. The molecule has 0 aliphatic heterocycles. The molecule has 0 fully saturated rings. The third kappa shape index (κ3) is 3.23. The molecule has 0 radical (unpaired) electrons. The van der Waals surface area contributed by atoms with Crippen LogP contribution >= 0.6 is 11.8 Å². The van der Waals surface area contributed by atoms with Crippen molar-refractivity contribution in [2.45, 2.75) is 11.3 Å². The number of hydrogen-bond donors (Lipinski definition) is 1. The Morgan fingerprint density at radius 1 is 1.00 bits per heavy atom. The third-order valence-electron chi connectivity index (χ3n) is 2.59. The van der Waals surface area contributed by atoms with Gasteiger partial charge < -0.3 is 5.73 Å². The summed E-state index contributed by atoms with van der Waals surface area (Å²) in [6.45, 7) is 0. The number of anilines is 1. The summed E-state index contributed by atoms with van der Waals surface area (Å²) >= 11 is 1.48. The predicted molar refractivity (Wildman–Crippen MR) is 71.6 cm³/mol. The van der Waals surface area contributed by atoms with Crippen molar-refractivity contribution in [3.63, 3.8) is 0 Å². The predicted octanol–water partition coefficient (Wildman–Crippen LogP) is 3.88. The molecular weight excluding hydrogens is 252 g/mol. The monoisotopic (exact) mass is 265 g/mol. The highest BCUT2D eigenvalue weighted by molar-refractivity contribution is 7.99. The van der Waals surface area contributed by atoms with Gasteiger partial charge in [-0.1, -0.05) is 18.2 Å². The van der Waals surface area contributed by atoms with Gasteiger partial charge in [-0.15, -0.1) is 11.8 Å². The molecule has 0 spiro atoms. The normalized spacial score (nSPS) is 10.6. The van der Waals surface area contributed by atoms with E-state index in [1.165, 1.54) is 17.8 Å². The molecule has 2 rings (SSSR count). The average molecular weight is 265 g/mol. The van der Waals surface area contributed by atoms with Crippen LogP contribution in [0.25, 0.3) is 0 Å². The van der Waals surface area contributed by atoms with Crippen LogP contribution in [0.3, 0.4) is 0 Å². The largest absolute Gasteiger partial charge is 0.399 e. The summed E-state index contributed by atoms with van der Waals surface area (Å²) in [5.41, 5.74) is 7.67. The first-order valence-corrected chi connectivity index (χ1v) is 6.56. The summed E-state index contributed by atoms with van der Waals surface area (Å²) in [6, 6.07) is 11.6.